The molecule has 1 aromatic heterocycles. The Bertz CT molecular complexity index is 1010. The number of rotatable bonds is 8. The highest BCUT2D eigenvalue weighted by Gasteiger charge is 2.28. The number of carbonyl (C=O) groups excluding carboxylic acids is 3. The van der Waals surface area contributed by atoms with Gasteiger partial charge in [-0.25, -0.2) is 4.79 Å². The maximum Gasteiger partial charge on any atom is 0.355 e. The van der Waals surface area contributed by atoms with Gasteiger partial charge in [-0.2, -0.15) is 0 Å². The van der Waals surface area contributed by atoms with Gasteiger partial charge in [-0.15, -0.1) is 0 Å². The summed E-state index contributed by atoms with van der Waals surface area (Å²) in [4.78, 5) is 42.7. The zero-order valence-corrected chi connectivity index (χ0v) is 20.1. The maximum atomic E-state index is 12.9. The minimum absolute atomic E-state index is 0.00501. The van der Waals surface area contributed by atoms with Crippen LogP contribution in [-0.2, 0) is 27.3 Å². The number of nitrogens with zero attached hydrogens (tertiary/aromatic N) is 1. The molecule has 2 heterocycles. The van der Waals surface area contributed by atoms with Crippen molar-refractivity contribution in [2.75, 3.05) is 19.7 Å². The van der Waals surface area contributed by atoms with E-state index in [2.05, 4.69) is 16.4 Å². The van der Waals surface area contributed by atoms with Gasteiger partial charge in [0.15, 0.2) is 0 Å². The first-order valence-electron chi connectivity index (χ1n) is 11.8. The molecule has 1 saturated heterocycles. The number of amides is 2. The molecule has 0 saturated carbocycles. The number of aromatic nitrogens is 1. The van der Waals surface area contributed by atoms with E-state index in [0.717, 1.165) is 35.2 Å². The van der Waals surface area contributed by atoms with Gasteiger partial charge >= 0.3 is 5.97 Å². The van der Waals surface area contributed by atoms with Crippen molar-refractivity contribution in [3.63, 3.8) is 0 Å². The quantitative estimate of drug-likeness (QED) is 0.598. The largest absolute Gasteiger partial charge is 0.461 e. The van der Waals surface area contributed by atoms with Crippen molar-refractivity contribution in [2.24, 2.45) is 5.92 Å². The minimum atomic E-state index is -0.369. The Morgan fingerprint density at radius 3 is 2.73 bits per heavy atom. The van der Waals surface area contributed by atoms with Gasteiger partial charge in [0.1, 0.15) is 5.69 Å². The molecule has 2 amide bonds. The fourth-order valence-electron chi connectivity index (χ4n) is 4.53. The van der Waals surface area contributed by atoms with Crippen LogP contribution < -0.4 is 5.32 Å². The molecule has 1 aromatic carbocycles. The number of carbonyl (C=O) groups is 3. The third-order valence-electron chi connectivity index (χ3n) is 6.36. The highest BCUT2D eigenvalue weighted by Crippen LogP contribution is 2.22. The molecule has 2 aromatic rings. The first-order valence-corrected chi connectivity index (χ1v) is 11.8. The fraction of sp³-hybridized carbons (Fsp3) is 0.500. The monoisotopic (exact) mass is 453 g/mol. The molecule has 178 valence electrons. The molecule has 33 heavy (non-hydrogen) atoms. The lowest BCUT2D eigenvalue weighted by atomic mass is 9.96. The molecule has 1 aliphatic heterocycles. The van der Waals surface area contributed by atoms with Crippen LogP contribution in [0.2, 0.25) is 0 Å². The molecule has 1 unspecified atom stereocenters. The zero-order valence-electron chi connectivity index (χ0n) is 20.1. The van der Waals surface area contributed by atoms with Gasteiger partial charge in [-0.05, 0) is 63.6 Å². The van der Waals surface area contributed by atoms with Crippen LogP contribution in [0.4, 0.5) is 0 Å². The van der Waals surface area contributed by atoms with E-state index in [1.807, 2.05) is 43.9 Å². The van der Waals surface area contributed by atoms with E-state index in [1.54, 1.807) is 6.92 Å². The Kier molecular flexibility index (Phi) is 8.31. The molecule has 1 fully saturated rings. The van der Waals surface area contributed by atoms with Crippen LogP contribution in [0.1, 0.15) is 64.6 Å². The molecule has 0 bridgehead atoms. The van der Waals surface area contributed by atoms with Crippen LogP contribution >= 0.6 is 0 Å². The molecular formula is C26H35N3O4. The summed E-state index contributed by atoms with van der Waals surface area (Å²) in [5, 5.41) is 3.03. The number of aromatic amines is 1. The van der Waals surface area contributed by atoms with Crippen LogP contribution in [0, 0.1) is 26.7 Å². The van der Waals surface area contributed by atoms with Gasteiger partial charge in [0, 0.05) is 31.7 Å². The smallest absolute Gasteiger partial charge is 0.355 e. The summed E-state index contributed by atoms with van der Waals surface area (Å²) < 4.78 is 5.10. The number of likely N-dealkylation sites (tertiary alicyclic amines) is 1. The highest BCUT2D eigenvalue weighted by atomic mass is 16.5. The van der Waals surface area contributed by atoms with Crippen molar-refractivity contribution >= 4 is 17.8 Å². The second-order valence-electron chi connectivity index (χ2n) is 8.83. The Balaban J connectivity index is 1.53. The van der Waals surface area contributed by atoms with Crippen molar-refractivity contribution in [2.45, 2.75) is 59.9 Å². The van der Waals surface area contributed by atoms with Gasteiger partial charge in [0.2, 0.25) is 11.8 Å². The average molecular weight is 454 g/mol. The number of hydrogen-bond acceptors (Lipinski definition) is 4. The van der Waals surface area contributed by atoms with E-state index < -0.39 is 0 Å². The van der Waals surface area contributed by atoms with Crippen molar-refractivity contribution in [3.05, 3.63) is 57.9 Å². The lowest BCUT2D eigenvalue weighted by Gasteiger charge is -2.32. The number of benzene rings is 1. The van der Waals surface area contributed by atoms with E-state index in [0.29, 0.717) is 44.8 Å². The predicted molar refractivity (Wildman–Crippen MR) is 127 cm³/mol. The third kappa shape index (κ3) is 6.24. The number of esters is 1. The topological polar surface area (TPSA) is 91.5 Å². The number of aryl methyl sites for hydroxylation is 2. The molecule has 1 aliphatic rings. The summed E-state index contributed by atoms with van der Waals surface area (Å²) in [5.41, 5.74) is 5.40. The van der Waals surface area contributed by atoms with Crippen LogP contribution in [0.3, 0.4) is 0 Å². The Labute approximate surface area is 195 Å². The summed E-state index contributed by atoms with van der Waals surface area (Å²) in [6.45, 7) is 9.55. The van der Waals surface area contributed by atoms with Gasteiger partial charge < -0.3 is 19.9 Å². The molecular weight excluding hydrogens is 418 g/mol. The number of H-pyrrole nitrogens is 1. The van der Waals surface area contributed by atoms with E-state index in [4.69, 9.17) is 4.74 Å². The van der Waals surface area contributed by atoms with Crippen molar-refractivity contribution < 1.29 is 19.1 Å². The molecule has 0 radical (unpaired) electrons. The summed E-state index contributed by atoms with van der Waals surface area (Å²) in [5.74, 6) is -0.501. The summed E-state index contributed by atoms with van der Waals surface area (Å²) in [6, 6.07) is 8.09. The van der Waals surface area contributed by atoms with E-state index in [-0.39, 0.29) is 23.7 Å². The standard InChI is InChI=1S/C26H35N3O4/c1-5-33-26(32)24-18(3)22(19(4)28-24)11-12-23(30)29-13-7-10-21(16-29)25(31)27-15-20-9-6-8-17(2)14-20/h6,8-9,14,21,28H,5,7,10-13,15-16H2,1-4H3,(H,27,31). The van der Waals surface area contributed by atoms with Crippen molar-refractivity contribution in [3.8, 4) is 0 Å². The molecule has 7 nitrogen and oxygen atoms in total. The SMILES string of the molecule is CCOC(=O)c1[nH]c(C)c(CCC(=O)N2CCCC(C(=O)NCc3cccc(C)c3)C2)c1C. The molecule has 2 N–H and O–H groups in total. The lowest BCUT2D eigenvalue weighted by molar-refractivity contribution is -0.135. The molecule has 0 aliphatic carbocycles. The Morgan fingerprint density at radius 2 is 2.00 bits per heavy atom. The van der Waals surface area contributed by atoms with Crippen LogP contribution in [0.25, 0.3) is 0 Å². The van der Waals surface area contributed by atoms with Crippen LogP contribution in [0.15, 0.2) is 24.3 Å². The van der Waals surface area contributed by atoms with Crippen LogP contribution in [-0.4, -0.2) is 47.4 Å². The van der Waals surface area contributed by atoms with Gasteiger partial charge in [-0.1, -0.05) is 29.8 Å². The average Bonchev–Trinajstić information content (AvgIpc) is 3.09. The summed E-state index contributed by atoms with van der Waals surface area (Å²) in [7, 11) is 0. The Morgan fingerprint density at radius 1 is 1.21 bits per heavy atom. The van der Waals surface area contributed by atoms with Crippen molar-refractivity contribution in [1.82, 2.24) is 15.2 Å². The van der Waals surface area contributed by atoms with Crippen LogP contribution in [0.5, 0.6) is 0 Å². The summed E-state index contributed by atoms with van der Waals surface area (Å²) in [6.07, 6.45) is 2.51. The normalized spacial score (nSPS) is 15.9. The Hall–Kier alpha value is -3.09. The number of hydrogen-bond donors (Lipinski definition) is 2. The maximum absolute atomic E-state index is 12.9. The number of ether oxygens (including phenoxy) is 1. The van der Waals surface area contributed by atoms with E-state index >= 15 is 0 Å². The minimum Gasteiger partial charge on any atom is -0.461 e. The molecule has 3 rings (SSSR count). The first kappa shape index (κ1) is 24.6. The fourth-order valence-corrected chi connectivity index (χ4v) is 4.53. The van der Waals surface area contributed by atoms with E-state index in [1.165, 1.54) is 5.56 Å². The predicted octanol–water partition coefficient (Wildman–Crippen LogP) is 3.60. The molecule has 0 spiro atoms. The summed E-state index contributed by atoms with van der Waals surface area (Å²) >= 11 is 0. The van der Waals surface area contributed by atoms with E-state index in [9.17, 15) is 14.4 Å². The second kappa shape index (κ2) is 11.2. The van der Waals surface area contributed by atoms with Gasteiger partial charge in [-0.3, -0.25) is 9.59 Å². The first-order chi connectivity index (χ1) is 15.8. The lowest BCUT2D eigenvalue weighted by Crippen LogP contribution is -2.45. The number of nitrogens with one attached hydrogen (secondary N) is 2. The zero-order chi connectivity index (χ0) is 24.0. The van der Waals surface area contributed by atoms with Gasteiger partial charge in [0.25, 0.3) is 0 Å². The highest BCUT2D eigenvalue weighted by molar-refractivity contribution is 5.90. The van der Waals surface area contributed by atoms with Gasteiger partial charge in [0.05, 0.1) is 12.5 Å². The molecule has 7 heteroatoms. The third-order valence-corrected chi connectivity index (χ3v) is 6.36. The number of piperidine rings is 1. The molecule has 1 atom stereocenters. The second-order valence-corrected chi connectivity index (χ2v) is 8.83. The van der Waals surface area contributed by atoms with Crippen molar-refractivity contribution in [1.29, 1.82) is 0 Å².